The van der Waals surface area contributed by atoms with E-state index in [4.69, 9.17) is 5.11 Å². The Morgan fingerprint density at radius 2 is 2.06 bits per heavy atom. The average molecular weight is 265 g/mol. The zero-order valence-electron chi connectivity index (χ0n) is 11.2. The smallest absolute Gasteiger partial charge is 0.138 e. The maximum absolute atomic E-state index is 9.08. The number of thiophene rings is 1. The Morgan fingerprint density at radius 1 is 1.33 bits per heavy atom. The summed E-state index contributed by atoms with van der Waals surface area (Å²) in [6.45, 7) is 8.49. The van der Waals surface area contributed by atoms with Crippen molar-refractivity contribution >= 4 is 27.4 Å². The van der Waals surface area contributed by atoms with Gasteiger partial charge in [0.1, 0.15) is 17.0 Å². The molecule has 0 amide bonds. The van der Waals surface area contributed by atoms with Crippen LogP contribution in [0.4, 0.5) is 5.82 Å². The monoisotopic (exact) mass is 265 g/mol. The zero-order valence-corrected chi connectivity index (χ0v) is 12.1. The van der Waals surface area contributed by atoms with Gasteiger partial charge in [-0.15, -0.1) is 11.3 Å². The first kappa shape index (κ1) is 13.2. The van der Waals surface area contributed by atoms with E-state index in [2.05, 4.69) is 43.0 Å². The lowest BCUT2D eigenvalue weighted by Crippen LogP contribution is -2.32. The molecule has 0 bridgehead atoms. The second-order valence-corrected chi connectivity index (χ2v) is 6.37. The first-order chi connectivity index (χ1) is 8.44. The van der Waals surface area contributed by atoms with Gasteiger partial charge < -0.3 is 10.4 Å². The normalized spacial score (nSPS) is 12.1. The van der Waals surface area contributed by atoms with Crippen LogP contribution in [-0.4, -0.2) is 27.2 Å². The minimum absolute atomic E-state index is 0.163. The molecule has 0 aliphatic rings. The second-order valence-electron chi connectivity index (χ2n) is 5.17. The number of nitrogens with one attached hydrogen (secondary N) is 1. The van der Waals surface area contributed by atoms with Crippen molar-refractivity contribution in [2.75, 3.05) is 11.9 Å². The molecular formula is C13H19N3OS. The minimum atomic E-state index is -0.182. The Morgan fingerprint density at radius 3 is 2.72 bits per heavy atom. The van der Waals surface area contributed by atoms with Crippen molar-refractivity contribution in [1.29, 1.82) is 0 Å². The summed E-state index contributed by atoms with van der Waals surface area (Å²) in [5.74, 6) is 0.861. The van der Waals surface area contributed by atoms with E-state index >= 15 is 0 Å². The highest BCUT2D eigenvalue weighted by molar-refractivity contribution is 7.18. The molecule has 5 heteroatoms. The summed E-state index contributed by atoms with van der Waals surface area (Å²) in [5.41, 5.74) is 1.05. The lowest BCUT2D eigenvalue weighted by atomic mass is 10.0. The SMILES string of the molecule is Cc1sc2ncnc(NC(C)(C)CCO)c2c1C. The van der Waals surface area contributed by atoms with Gasteiger partial charge in [0.15, 0.2) is 0 Å². The van der Waals surface area contributed by atoms with Gasteiger partial charge in [-0.1, -0.05) is 0 Å². The van der Waals surface area contributed by atoms with E-state index in [1.807, 2.05) is 0 Å². The number of nitrogens with zero attached hydrogens (tertiary/aromatic N) is 2. The molecule has 0 unspecified atom stereocenters. The van der Waals surface area contributed by atoms with Crippen molar-refractivity contribution in [2.45, 2.75) is 39.7 Å². The van der Waals surface area contributed by atoms with Crippen LogP contribution >= 0.6 is 11.3 Å². The maximum Gasteiger partial charge on any atom is 0.138 e. The molecule has 0 fully saturated rings. The molecule has 2 rings (SSSR count). The van der Waals surface area contributed by atoms with Crippen LogP contribution in [0.5, 0.6) is 0 Å². The average Bonchev–Trinajstić information content (AvgIpc) is 2.55. The molecule has 0 spiro atoms. The lowest BCUT2D eigenvalue weighted by Gasteiger charge is -2.26. The van der Waals surface area contributed by atoms with E-state index in [0.29, 0.717) is 6.42 Å². The summed E-state index contributed by atoms with van der Waals surface area (Å²) in [7, 11) is 0. The highest BCUT2D eigenvalue weighted by atomic mass is 32.1. The third-order valence-electron chi connectivity index (χ3n) is 3.16. The number of aromatic nitrogens is 2. The van der Waals surface area contributed by atoms with Gasteiger partial charge in [0.05, 0.1) is 5.39 Å². The molecule has 0 aliphatic carbocycles. The molecule has 2 aromatic rings. The van der Waals surface area contributed by atoms with E-state index in [1.54, 1.807) is 17.7 Å². The van der Waals surface area contributed by atoms with Gasteiger partial charge in [-0.25, -0.2) is 9.97 Å². The number of aryl methyl sites for hydroxylation is 2. The van der Waals surface area contributed by atoms with Crippen molar-refractivity contribution < 1.29 is 5.11 Å². The molecule has 0 saturated heterocycles. The largest absolute Gasteiger partial charge is 0.396 e. The maximum atomic E-state index is 9.08. The van der Waals surface area contributed by atoms with Gasteiger partial charge >= 0.3 is 0 Å². The van der Waals surface area contributed by atoms with Crippen molar-refractivity contribution in [3.05, 3.63) is 16.8 Å². The van der Waals surface area contributed by atoms with Gasteiger partial charge in [0.2, 0.25) is 0 Å². The third kappa shape index (κ3) is 2.47. The van der Waals surface area contributed by atoms with E-state index < -0.39 is 0 Å². The van der Waals surface area contributed by atoms with Crippen molar-refractivity contribution in [1.82, 2.24) is 9.97 Å². The van der Waals surface area contributed by atoms with Gasteiger partial charge in [0, 0.05) is 17.0 Å². The Labute approximate surface area is 111 Å². The molecule has 0 saturated carbocycles. The third-order valence-corrected chi connectivity index (χ3v) is 4.27. The summed E-state index contributed by atoms with van der Waals surface area (Å²) >= 11 is 1.69. The fraction of sp³-hybridized carbons (Fsp3) is 0.538. The molecule has 0 aromatic carbocycles. The van der Waals surface area contributed by atoms with Crippen LogP contribution in [0.25, 0.3) is 10.2 Å². The van der Waals surface area contributed by atoms with E-state index in [0.717, 1.165) is 16.0 Å². The molecule has 0 radical (unpaired) electrons. The fourth-order valence-electron chi connectivity index (χ4n) is 1.94. The van der Waals surface area contributed by atoms with Gasteiger partial charge in [-0.05, 0) is 39.7 Å². The number of aliphatic hydroxyl groups is 1. The summed E-state index contributed by atoms with van der Waals surface area (Å²) in [5, 5.41) is 13.6. The summed E-state index contributed by atoms with van der Waals surface area (Å²) in [4.78, 5) is 11.0. The molecule has 2 aromatic heterocycles. The van der Waals surface area contributed by atoms with Crippen LogP contribution in [0.3, 0.4) is 0 Å². The van der Waals surface area contributed by atoms with E-state index in [-0.39, 0.29) is 12.1 Å². The molecule has 18 heavy (non-hydrogen) atoms. The van der Waals surface area contributed by atoms with Crippen LogP contribution in [0.15, 0.2) is 6.33 Å². The van der Waals surface area contributed by atoms with Gasteiger partial charge in [-0.3, -0.25) is 0 Å². The predicted octanol–water partition coefficient (Wildman–Crippen LogP) is 2.88. The van der Waals surface area contributed by atoms with E-state index in [9.17, 15) is 0 Å². The summed E-state index contributed by atoms with van der Waals surface area (Å²) in [6, 6.07) is 0. The minimum Gasteiger partial charge on any atom is -0.396 e. The van der Waals surface area contributed by atoms with Crippen molar-refractivity contribution in [3.63, 3.8) is 0 Å². The number of hydrogen-bond donors (Lipinski definition) is 2. The van der Waals surface area contributed by atoms with Crippen LogP contribution in [-0.2, 0) is 0 Å². The molecule has 0 atom stereocenters. The fourth-order valence-corrected chi connectivity index (χ4v) is 2.94. The number of aliphatic hydroxyl groups excluding tert-OH is 1. The van der Waals surface area contributed by atoms with Crippen molar-refractivity contribution in [3.8, 4) is 0 Å². The summed E-state index contributed by atoms with van der Waals surface area (Å²) in [6.07, 6.45) is 2.27. The Kier molecular flexibility index (Phi) is 3.54. The molecule has 2 N–H and O–H groups in total. The lowest BCUT2D eigenvalue weighted by molar-refractivity contribution is 0.260. The Bertz CT molecular complexity index is 563. The molecule has 4 nitrogen and oxygen atoms in total. The standard InChI is InChI=1S/C13H19N3OS/c1-8-9(2)18-12-10(8)11(14-7-15-12)16-13(3,4)5-6-17/h7,17H,5-6H2,1-4H3,(H,14,15,16). The molecule has 0 aliphatic heterocycles. The Balaban J connectivity index is 2.45. The number of anilines is 1. The first-order valence-corrected chi connectivity index (χ1v) is 6.86. The van der Waals surface area contributed by atoms with Crippen molar-refractivity contribution in [2.24, 2.45) is 0 Å². The highest BCUT2D eigenvalue weighted by Gasteiger charge is 2.20. The van der Waals surface area contributed by atoms with Crippen LogP contribution in [0.1, 0.15) is 30.7 Å². The molecular weight excluding hydrogens is 246 g/mol. The van der Waals surface area contributed by atoms with Crippen LogP contribution < -0.4 is 5.32 Å². The summed E-state index contributed by atoms with van der Waals surface area (Å²) < 4.78 is 0. The highest BCUT2D eigenvalue weighted by Crippen LogP contribution is 2.33. The predicted molar refractivity (Wildman–Crippen MR) is 76.3 cm³/mol. The van der Waals surface area contributed by atoms with E-state index in [1.165, 1.54) is 10.4 Å². The molecule has 2 heterocycles. The number of hydrogen-bond acceptors (Lipinski definition) is 5. The topological polar surface area (TPSA) is 58.0 Å². The zero-order chi connectivity index (χ0) is 13.3. The van der Waals surface area contributed by atoms with Gasteiger partial charge in [0.25, 0.3) is 0 Å². The second kappa shape index (κ2) is 4.82. The molecule has 98 valence electrons. The first-order valence-electron chi connectivity index (χ1n) is 6.04. The van der Waals surface area contributed by atoms with Gasteiger partial charge in [-0.2, -0.15) is 0 Å². The van der Waals surface area contributed by atoms with Crippen LogP contribution in [0, 0.1) is 13.8 Å². The number of fused-ring (bicyclic) bond motifs is 1. The van der Waals surface area contributed by atoms with Crippen LogP contribution in [0.2, 0.25) is 0 Å². The quantitative estimate of drug-likeness (QED) is 0.892. The number of rotatable bonds is 4. The Hall–Kier alpha value is -1.20.